The van der Waals surface area contributed by atoms with Crippen molar-refractivity contribution in [3.8, 4) is 16.9 Å². The highest BCUT2D eigenvalue weighted by Gasteiger charge is 2.48. The Labute approximate surface area is 132 Å². The molecule has 0 aliphatic heterocycles. The summed E-state index contributed by atoms with van der Waals surface area (Å²) in [6.45, 7) is 0. The van der Waals surface area contributed by atoms with Crippen LogP contribution in [0.4, 0.5) is 13.2 Å². The molecule has 0 saturated heterocycles. The third kappa shape index (κ3) is 2.88. The highest BCUT2D eigenvalue weighted by Crippen LogP contribution is 2.36. The zero-order valence-corrected chi connectivity index (χ0v) is 13.0. The van der Waals surface area contributed by atoms with Crippen LogP contribution in [0.25, 0.3) is 22.0 Å². The number of hydrogen-bond donors (Lipinski definition) is 0. The molecule has 3 aromatic rings. The van der Waals surface area contributed by atoms with Gasteiger partial charge in [-0.1, -0.05) is 0 Å². The summed E-state index contributed by atoms with van der Waals surface area (Å²) in [5, 5.41) is 5.57. The van der Waals surface area contributed by atoms with Crippen molar-refractivity contribution in [3.63, 3.8) is 0 Å². The molecule has 11 heteroatoms. The van der Waals surface area contributed by atoms with Crippen molar-refractivity contribution in [1.82, 2.24) is 14.2 Å². The van der Waals surface area contributed by atoms with E-state index in [2.05, 4.69) is 13.7 Å². The number of halogens is 3. The van der Waals surface area contributed by atoms with Crippen LogP contribution in [-0.4, -0.2) is 28.1 Å². The van der Waals surface area contributed by atoms with Crippen molar-refractivity contribution in [2.75, 3.05) is 0 Å². The molecule has 122 valence electrons. The number of aromatic nitrogens is 3. The van der Waals surface area contributed by atoms with Gasteiger partial charge < -0.3 is 4.18 Å². The minimum atomic E-state index is -5.76. The summed E-state index contributed by atoms with van der Waals surface area (Å²) >= 11 is 0.983. The molecule has 0 N–H and O–H groups in total. The van der Waals surface area contributed by atoms with Gasteiger partial charge in [0.15, 0.2) is 5.75 Å². The standard InChI is InChI=1S/C12H8F3N3O3S2/c1-18-5-8(4-16-18)7-2-10-9(6-22-17-10)11(3-7)21-23(19,20)12(13,14)15/h2-6H,1H3. The Bertz CT molecular complexity index is 976. The number of rotatable bonds is 3. The molecule has 2 heterocycles. The van der Waals surface area contributed by atoms with Crippen LogP contribution in [0.2, 0.25) is 0 Å². The fourth-order valence-corrected chi connectivity index (χ4v) is 3.04. The molecule has 1 aromatic carbocycles. The average Bonchev–Trinajstić information content (AvgIpc) is 3.05. The summed E-state index contributed by atoms with van der Waals surface area (Å²) in [7, 11) is -4.08. The van der Waals surface area contributed by atoms with Gasteiger partial charge in [-0.15, -0.1) is 0 Å². The second-order valence-corrected chi connectivity index (χ2v) is 6.77. The fourth-order valence-electron chi connectivity index (χ4n) is 1.91. The molecular formula is C12H8F3N3O3S2. The first-order valence-corrected chi connectivity index (χ1v) is 8.30. The largest absolute Gasteiger partial charge is 0.534 e. The number of nitrogens with zero attached hydrogens (tertiary/aromatic N) is 3. The highest BCUT2D eigenvalue weighted by molar-refractivity contribution is 7.88. The second kappa shape index (κ2) is 5.20. The molecule has 0 aliphatic rings. The Morgan fingerprint density at radius 1 is 1.26 bits per heavy atom. The lowest BCUT2D eigenvalue weighted by atomic mass is 10.1. The smallest absolute Gasteiger partial charge is 0.375 e. The van der Waals surface area contributed by atoms with Gasteiger partial charge in [0, 0.05) is 24.2 Å². The minimum absolute atomic E-state index is 0.190. The molecule has 0 spiro atoms. The quantitative estimate of drug-likeness (QED) is 0.528. The normalized spacial score (nSPS) is 12.7. The first-order valence-electron chi connectivity index (χ1n) is 6.05. The van der Waals surface area contributed by atoms with Gasteiger partial charge in [0.2, 0.25) is 0 Å². The van der Waals surface area contributed by atoms with Gasteiger partial charge in [0.1, 0.15) is 0 Å². The molecule has 3 rings (SSSR count). The summed E-state index contributed by atoms with van der Waals surface area (Å²) in [5.74, 6) is -0.424. The van der Waals surface area contributed by atoms with Crippen molar-refractivity contribution in [2.45, 2.75) is 5.51 Å². The Kier molecular flexibility index (Phi) is 3.56. The van der Waals surface area contributed by atoms with Gasteiger partial charge in [-0.3, -0.25) is 4.68 Å². The Morgan fingerprint density at radius 3 is 2.61 bits per heavy atom. The minimum Gasteiger partial charge on any atom is -0.375 e. The molecule has 0 atom stereocenters. The van der Waals surface area contributed by atoms with Crippen LogP contribution in [-0.2, 0) is 17.2 Å². The lowest BCUT2D eigenvalue weighted by molar-refractivity contribution is -0.0499. The SMILES string of the molecule is Cn1cc(-c2cc(OS(=O)(=O)C(F)(F)F)c3csnc3c2)cn1. The van der Waals surface area contributed by atoms with E-state index < -0.39 is 21.4 Å². The van der Waals surface area contributed by atoms with E-state index in [0.717, 1.165) is 11.5 Å². The Balaban J connectivity index is 2.14. The number of benzene rings is 1. The van der Waals surface area contributed by atoms with Crippen LogP contribution >= 0.6 is 11.5 Å². The Hall–Kier alpha value is -2.14. The Morgan fingerprint density at radius 2 is 2.00 bits per heavy atom. The summed E-state index contributed by atoms with van der Waals surface area (Å²) in [4.78, 5) is 0. The van der Waals surface area contributed by atoms with E-state index in [1.807, 2.05) is 0 Å². The first-order chi connectivity index (χ1) is 10.7. The van der Waals surface area contributed by atoms with E-state index in [-0.39, 0.29) is 5.39 Å². The molecular weight excluding hydrogens is 355 g/mol. The number of alkyl halides is 3. The van der Waals surface area contributed by atoms with E-state index in [1.165, 1.54) is 22.3 Å². The molecule has 0 aliphatic carbocycles. The maximum absolute atomic E-state index is 12.5. The van der Waals surface area contributed by atoms with Gasteiger partial charge in [0.05, 0.1) is 17.1 Å². The zero-order chi connectivity index (χ0) is 16.8. The number of aryl methyl sites for hydroxylation is 1. The molecule has 6 nitrogen and oxygen atoms in total. The number of fused-ring (bicyclic) bond motifs is 1. The maximum atomic E-state index is 12.5. The monoisotopic (exact) mass is 363 g/mol. The van der Waals surface area contributed by atoms with E-state index in [0.29, 0.717) is 16.6 Å². The summed E-state index contributed by atoms with van der Waals surface area (Å²) in [5.41, 5.74) is -4.13. The van der Waals surface area contributed by atoms with Gasteiger partial charge in [-0.05, 0) is 29.2 Å². The van der Waals surface area contributed by atoms with Crippen LogP contribution in [0.15, 0.2) is 29.9 Å². The van der Waals surface area contributed by atoms with Crippen LogP contribution in [0.1, 0.15) is 0 Å². The lowest BCUT2D eigenvalue weighted by Crippen LogP contribution is -2.28. The van der Waals surface area contributed by atoms with Crippen molar-refractivity contribution < 1.29 is 25.8 Å². The van der Waals surface area contributed by atoms with Crippen LogP contribution in [0.3, 0.4) is 0 Å². The van der Waals surface area contributed by atoms with E-state index in [1.54, 1.807) is 19.3 Å². The number of hydrogen-bond acceptors (Lipinski definition) is 6. The molecule has 0 unspecified atom stereocenters. The summed E-state index contributed by atoms with van der Waals surface area (Å²) in [6.07, 6.45) is 3.13. The van der Waals surface area contributed by atoms with Crippen molar-refractivity contribution in [3.05, 3.63) is 29.9 Å². The molecule has 0 amide bonds. The van der Waals surface area contributed by atoms with Gasteiger partial charge >= 0.3 is 15.6 Å². The van der Waals surface area contributed by atoms with E-state index in [4.69, 9.17) is 0 Å². The molecule has 0 saturated carbocycles. The summed E-state index contributed by atoms with van der Waals surface area (Å²) < 4.78 is 69.9. The van der Waals surface area contributed by atoms with Crippen molar-refractivity contribution >= 4 is 32.6 Å². The lowest BCUT2D eigenvalue weighted by Gasteiger charge is -2.11. The maximum Gasteiger partial charge on any atom is 0.534 e. The molecule has 0 fully saturated rings. The topological polar surface area (TPSA) is 74.1 Å². The average molecular weight is 363 g/mol. The van der Waals surface area contributed by atoms with Gasteiger partial charge in [-0.25, -0.2) is 0 Å². The van der Waals surface area contributed by atoms with Crippen LogP contribution in [0.5, 0.6) is 5.75 Å². The predicted octanol–water partition coefficient (Wildman–Crippen LogP) is 2.93. The fraction of sp³-hybridized carbons (Fsp3) is 0.167. The van der Waals surface area contributed by atoms with Gasteiger partial charge in [0.25, 0.3) is 0 Å². The van der Waals surface area contributed by atoms with Crippen molar-refractivity contribution in [1.29, 1.82) is 0 Å². The van der Waals surface area contributed by atoms with E-state index >= 15 is 0 Å². The molecule has 2 aromatic heterocycles. The van der Waals surface area contributed by atoms with Crippen molar-refractivity contribution in [2.24, 2.45) is 7.05 Å². The van der Waals surface area contributed by atoms with E-state index in [9.17, 15) is 21.6 Å². The second-order valence-electron chi connectivity index (χ2n) is 4.61. The zero-order valence-electron chi connectivity index (χ0n) is 11.4. The molecule has 0 bridgehead atoms. The predicted molar refractivity (Wildman–Crippen MR) is 77.4 cm³/mol. The third-order valence-corrected chi connectivity index (χ3v) is 4.57. The highest BCUT2D eigenvalue weighted by atomic mass is 32.2. The molecule has 23 heavy (non-hydrogen) atoms. The molecule has 0 radical (unpaired) electrons. The summed E-state index contributed by atoms with van der Waals surface area (Å²) in [6, 6.07) is 2.84. The van der Waals surface area contributed by atoms with Crippen LogP contribution in [0, 0.1) is 0 Å². The first kappa shape index (κ1) is 15.7. The van der Waals surface area contributed by atoms with Crippen LogP contribution < -0.4 is 4.18 Å². The van der Waals surface area contributed by atoms with Gasteiger partial charge in [-0.2, -0.15) is 31.1 Å². The third-order valence-electron chi connectivity index (χ3n) is 2.96.